The standard InChI is InChI=1S/C26H27FN4O4/c27-20-6-1-4-18(14-20)15-31-25(34)21-7-2-8-22(23(21)26(31)35)30-9-3-5-19(16-30)24(33)29-12-10-28(17-32)11-13-29/h1-2,4,6-8,14,17,19H,3,5,9-13,15-16H2/t19-/m0/s1. The van der Waals surface area contributed by atoms with Gasteiger partial charge in [0.2, 0.25) is 12.3 Å². The number of carbonyl (C=O) groups is 4. The van der Waals surface area contributed by atoms with Gasteiger partial charge in [0.25, 0.3) is 11.8 Å². The minimum atomic E-state index is -0.420. The Balaban J connectivity index is 1.34. The third-order valence-corrected chi connectivity index (χ3v) is 7.09. The van der Waals surface area contributed by atoms with Gasteiger partial charge in [-0.05, 0) is 42.7 Å². The lowest BCUT2D eigenvalue weighted by Gasteiger charge is -2.39. The number of carbonyl (C=O) groups excluding carboxylic acids is 4. The lowest BCUT2D eigenvalue weighted by Crippen LogP contribution is -2.52. The van der Waals surface area contributed by atoms with Crippen molar-refractivity contribution in [3.05, 3.63) is 65.0 Å². The van der Waals surface area contributed by atoms with Gasteiger partial charge >= 0.3 is 0 Å². The van der Waals surface area contributed by atoms with E-state index in [0.29, 0.717) is 61.6 Å². The molecular formula is C26H27FN4O4. The first kappa shape index (κ1) is 23.0. The van der Waals surface area contributed by atoms with Crippen LogP contribution in [0, 0.1) is 11.7 Å². The second-order valence-electron chi connectivity index (χ2n) is 9.28. The summed E-state index contributed by atoms with van der Waals surface area (Å²) in [7, 11) is 0. The van der Waals surface area contributed by atoms with Gasteiger partial charge in [-0.25, -0.2) is 4.39 Å². The predicted octanol–water partition coefficient (Wildman–Crippen LogP) is 2.14. The van der Waals surface area contributed by atoms with Crippen molar-refractivity contribution in [1.29, 1.82) is 0 Å². The van der Waals surface area contributed by atoms with E-state index in [1.165, 1.54) is 12.1 Å². The first-order chi connectivity index (χ1) is 17.0. The fourth-order valence-electron chi connectivity index (χ4n) is 5.24. The molecule has 35 heavy (non-hydrogen) atoms. The van der Waals surface area contributed by atoms with E-state index < -0.39 is 17.6 Å². The molecule has 3 aliphatic heterocycles. The molecule has 4 amide bonds. The SMILES string of the molecule is O=CN1CCN(C(=O)[C@H]2CCCN(c3cccc4c3C(=O)N(Cc3cccc(F)c3)C4=O)C2)CC1. The highest BCUT2D eigenvalue weighted by atomic mass is 19.1. The molecule has 0 N–H and O–H groups in total. The summed E-state index contributed by atoms with van der Waals surface area (Å²) < 4.78 is 13.6. The summed E-state index contributed by atoms with van der Waals surface area (Å²) in [6.07, 6.45) is 2.37. The Morgan fingerprint density at radius 3 is 2.51 bits per heavy atom. The quantitative estimate of drug-likeness (QED) is 0.486. The summed E-state index contributed by atoms with van der Waals surface area (Å²) in [5.74, 6) is -1.35. The van der Waals surface area contributed by atoms with Gasteiger partial charge in [-0.15, -0.1) is 0 Å². The van der Waals surface area contributed by atoms with Gasteiger partial charge in [0.05, 0.1) is 29.3 Å². The molecule has 0 aromatic heterocycles. The van der Waals surface area contributed by atoms with Crippen LogP contribution in [0.15, 0.2) is 42.5 Å². The van der Waals surface area contributed by atoms with Gasteiger partial charge in [-0.3, -0.25) is 24.1 Å². The average molecular weight is 479 g/mol. The van der Waals surface area contributed by atoms with E-state index in [1.807, 2.05) is 15.9 Å². The van der Waals surface area contributed by atoms with Crippen molar-refractivity contribution < 1.29 is 23.6 Å². The monoisotopic (exact) mass is 478 g/mol. The minimum absolute atomic E-state index is 0.00256. The second-order valence-corrected chi connectivity index (χ2v) is 9.28. The number of amides is 4. The van der Waals surface area contributed by atoms with Crippen molar-refractivity contribution >= 4 is 29.8 Å². The predicted molar refractivity (Wildman–Crippen MR) is 126 cm³/mol. The summed E-state index contributed by atoms with van der Waals surface area (Å²) in [6, 6.07) is 11.1. The third kappa shape index (κ3) is 4.38. The van der Waals surface area contributed by atoms with Gasteiger partial charge in [0.15, 0.2) is 0 Å². The molecule has 9 heteroatoms. The molecule has 1 atom stereocenters. The van der Waals surface area contributed by atoms with E-state index in [9.17, 15) is 23.6 Å². The van der Waals surface area contributed by atoms with Crippen molar-refractivity contribution in [1.82, 2.24) is 14.7 Å². The molecule has 2 aromatic carbocycles. The van der Waals surface area contributed by atoms with Crippen LogP contribution in [-0.2, 0) is 16.1 Å². The van der Waals surface area contributed by atoms with Crippen LogP contribution in [0.3, 0.4) is 0 Å². The number of rotatable bonds is 5. The summed E-state index contributed by atoms with van der Waals surface area (Å²) in [6.45, 7) is 3.27. The largest absolute Gasteiger partial charge is 0.370 e. The zero-order valence-corrected chi connectivity index (χ0v) is 19.4. The van der Waals surface area contributed by atoms with Crippen molar-refractivity contribution in [3.8, 4) is 0 Å². The van der Waals surface area contributed by atoms with Crippen LogP contribution in [0.2, 0.25) is 0 Å². The van der Waals surface area contributed by atoms with Crippen LogP contribution < -0.4 is 4.90 Å². The highest BCUT2D eigenvalue weighted by molar-refractivity contribution is 6.23. The Hall–Kier alpha value is -3.75. The Labute approximate surface area is 202 Å². The van der Waals surface area contributed by atoms with Crippen molar-refractivity contribution in [2.75, 3.05) is 44.2 Å². The maximum absolute atomic E-state index is 13.6. The molecule has 3 heterocycles. The Kier molecular flexibility index (Phi) is 6.23. The van der Waals surface area contributed by atoms with E-state index in [-0.39, 0.29) is 18.4 Å². The summed E-state index contributed by atoms with van der Waals surface area (Å²) in [5.41, 5.74) is 1.88. The lowest BCUT2D eigenvalue weighted by molar-refractivity contribution is -0.139. The number of fused-ring (bicyclic) bond motifs is 1. The Morgan fingerprint density at radius 2 is 1.77 bits per heavy atom. The lowest BCUT2D eigenvalue weighted by atomic mass is 9.94. The zero-order chi connectivity index (χ0) is 24.5. The smallest absolute Gasteiger partial charge is 0.263 e. The molecule has 0 spiro atoms. The molecule has 2 saturated heterocycles. The molecule has 0 unspecified atom stereocenters. The molecule has 5 rings (SSSR count). The Bertz CT molecular complexity index is 1180. The summed E-state index contributed by atoms with van der Waals surface area (Å²) >= 11 is 0. The number of piperazine rings is 1. The molecule has 8 nitrogen and oxygen atoms in total. The molecule has 182 valence electrons. The minimum Gasteiger partial charge on any atom is -0.370 e. The summed E-state index contributed by atoms with van der Waals surface area (Å²) in [4.78, 5) is 57.3. The zero-order valence-electron chi connectivity index (χ0n) is 19.4. The fourth-order valence-corrected chi connectivity index (χ4v) is 5.24. The molecule has 3 aliphatic rings. The van der Waals surface area contributed by atoms with E-state index >= 15 is 0 Å². The summed E-state index contributed by atoms with van der Waals surface area (Å²) in [5, 5.41) is 0. The normalized spacial score (nSPS) is 20.3. The van der Waals surface area contributed by atoms with E-state index in [4.69, 9.17) is 0 Å². The number of piperidine rings is 1. The number of halogens is 1. The maximum Gasteiger partial charge on any atom is 0.263 e. The van der Waals surface area contributed by atoms with Gasteiger partial charge < -0.3 is 14.7 Å². The first-order valence-electron chi connectivity index (χ1n) is 11.9. The van der Waals surface area contributed by atoms with E-state index in [0.717, 1.165) is 24.2 Å². The van der Waals surface area contributed by atoms with Crippen LogP contribution in [0.4, 0.5) is 10.1 Å². The maximum atomic E-state index is 13.6. The van der Waals surface area contributed by atoms with Crippen LogP contribution in [0.25, 0.3) is 0 Å². The molecule has 0 aliphatic carbocycles. The van der Waals surface area contributed by atoms with Gasteiger partial charge in [0, 0.05) is 39.3 Å². The van der Waals surface area contributed by atoms with E-state index in [2.05, 4.69) is 0 Å². The number of benzene rings is 2. The van der Waals surface area contributed by atoms with Crippen molar-refractivity contribution in [2.45, 2.75) is 19.4 Å². The van der Waals surface area contributed by atoms with Gasteiger partial charge in [-0.1, -0.05) is 18.2 Å². The topological polar surface area (TPSA) is 81.2 Å². The average Bonchev–Trinajstić information content (AvgIpc) is 3.13. The number of nitrogens with zero attached hydrogens (tertiary/aromatic N) is 4. The third-order valence-electron chi connectivity index (χ3n) is 7.09. The van der Waals surface area contributed by atoms with Crippen LogP contribution in [0.1, 0.15) is 39.1 Å². The highest BCUT2D eigenvalue weighted by Crippen LogP contribution is 2.35. The fraction of sp³-hybridized carbons (Fsp3) is 0.385. The van der Waals surface area contributed by atoms with Gasteiger partial charge in [-0.2, -0.15) is 0 Å². The second kappa shape index (κ2) is 9.48. The number of imide groups is 1. The molecular weight excluding hydrogens is 451 g/mol. The number of hydrogen-bond donors (Lipinski definition) is 0. The van der Waals surface area contributed by atoms with E-state index in [1.54, 1.807) is 29.2 Å². The van der Waals surface area contributed by atoms with Crippen molar-refractivity contribution in [2.24, 2.45) is 5.92 Å². The molecule has 2 aromatic rings. The van der Waals surface area contributed by atoms with Gasteiger partial charge in [0.1, 0.15) is 5.82 Å². The Morgan fingerprint density at radius 1 is 1.00 bits per heavy atom. The van der Waals surface area contributed by atoms with Crippen molar-refractivity contribution in [3.63, 3.8) is 0 Å². The number of anilines is 1. The highest BCUT2D eigenvalue weighted by Gasteiger charge is 2.40. The number of hydrogen-bond acceptors (Lipinski definition) is 5. The van der Waals surface area contributed by atoms with Crippen LogP contribution in [-0.4, -0.2) is 78.1 Å². The molecule has 0 bridgehead atoms. The molecule has 0 saturated carbocycles. The van der Waals surface area contributed by atoms with Crippen LogP contribution in [0.5, 0.6) is 0 Å². The van der Waals surface area contributed by atoms with Crippen LogP contribution >= 0.6 is 0 Å². The molecule has 2 fully saturated rings. The first-order valence-corrected chi connectivity index (χ1v) is 11.9. The molecule has 0 radical (unpaired) electrons.